The van der Waals surface area contributed by atoms with Crippen LogP contribution < -0.4 is 0 Å². The largest absolute Gasteiger partial charge is 0.276 e. The first-order valence-electron chi connectivity index (χ1n) is 5.49. The van der Waals surface area contributed by atoms with E-state index in [1.807, 2.05) is 13.0 Å². The highest BCUT2D eigenvalue weighted by atomic mass is 35.5. The molecule has 0 bridgehead atoms. The average Bonchev–Trinajstić information content (AvgIpc) is 2.26. The van der Waals surface area contributed by atoms with Crippen molar-refractivity contribution in [3.05, 3.63) is 34.4 Å². The van der Waals surface area contributed by atoms with Crippen LogP contribution in [0.5, 0.6) is 0 Å². The van der Waals surface area contributed by atoms with E-state index in [1.54, 1.807) is 0 Å². The minimum atomic E-state index is -0.320. The zero-order valence-corrected chi connectivity index (χ0v) is 10.3. The van der Waals surface area contributed by atoms with Crippen LogP contribution in [-0.4, -0.2) is 5.24 Å². The molecule has 0 spiro atoms. The molecule has 0 aromatic heterocycles. The van der Waals surface area contributed by atoms with Gasteiger partial charge in [0.15, 0.2) is 0 Å². The summed E-state index contributed by atoms with van der Waals surface area (Å²) in [5, 5.41) is -0.320. The second-order valence-corrected chi connectivity index (χ2v) is 3.92. The topological polar surface area (TPSA) is 17.1 Å². The zero-order valence-electron chi connectivity index (χ0n) is 9.56. The van der Waals surface area contributed by atoms with Crippen LogP contribution in [0.3, 0.4) is 0 Å². The highest BCUT2D eigenvalue weighted by molar-refractivity contribution is 6.68. The van der Waals surface area contributed by atoms with Crippen molar-refractivity contribution < 1.29 is 4.79 Å². The number of carbonyl (C=O) groups is 1. The number of hydrogen-bond acceptors (Lipinski definition) is 1. The lowest BCUT2D eigenvalue weighted by atomic mass is 9.92. The monoisotopic (exact) mass is 224 g/mol. The summed E-state index contributed by atoms with van der Waals surface area (Å²) in [5.41, 5.74) is 4.15. The van der Waals surface area contributed by atoms with Gasteiger partial charge in [-0.3, -0.25) is 4.79 Å². The predicted molar refractivity (Wildman–Crippen MR) is 64.8 cm³/mol. The Morgan fingerprint density at radius 1 is 1.07 bits per heavy atom. The second-order valence-electron chi connectivity index (χ2n) is 3.57. The maximum atomic E-state index is 11.4. The highest BCUT2D eigenvalue weighted by Gasteiger charge is 2.15. The molecule has 0 aliphatic rings. The average molecular weight is 225 g/mol. The molecule has 1 aromatic carbocycles. The Bertz CT molecular complexity index is 369. The van der Waals surface area contributed by atoms with Crippen LogP contribution in [0.1, 0.15) is 47.8 Å². The summed E-state index contributed by atoms with van der Waals surface area (Å²) in [7, 11) is 0. The predicted octanol–water partition coefficient (Wildman–Crippen LogP) is 3.75. The van der Waals surface area contributed by atoms with E-state index >= 15 is 0 Å². The van der Waals surface area contributed by atoms with Crippen molar-refractivity contribution in [3.8, 4) is 0 Å². The summed E-state index contributed by atoms with van der Waals surface area (Å²) >= 11 is 5.66. The summed E-state index contributed by atoms with van der Waals surface area (Å²) in [6, 6.07) is 4.13. The lowest BCUT2D eigenvalue weighted by Crippen LogP contribution is -2.05. The van der Waals surface area contributed by atoms with Gasteiger partial charge >= 0.3 is 0 Å². The summed E-state index contributed by atoms with van der Waals surface area (Å²) < 4.78 is 0. The van der Waals surface area contributed by atoms with Crippen molar-refractivity contribution in [2.24, 2.45) is 0 Å². The molecule has 0 saturated heterocycles. The Morgan fingerprint density at radius 3 is 2.00 bits per heavy atom. The van der Waals surface area contributed by atoms with Crippen molar-refractivity contribution >= 4 is 16.8 Å². The minimum absolute atomic E-state index is 0.320. The van der Waals surface area contributed by atoms with Crippen molar-refractivity contribution in [1.82, 2.24) is 0 Å². The van der Waals surface area contributed by atoms with Gasteiger partial charge in [-0.15, -0.1) is 0 Å². The van der Waals surface area contributed by atoms with Crippen molar-refractivity contribution in [3.63, 3.8) is 0 Å². The van der Waals surface area contributed by atoms with Gasteiger partial charge in [0.2, 0.25) is 0 Å². The van der Waals surface area contributed by atoms with Gasteiger partial charge in [-0.05, 0) is 47.6 Å². The van der Waals surface area contributed by atoms with Crippen molar-refractivity contribution in [2.45, 2.75) is 40.0 Å². The molecule has 82 valence electrons. The quantitative estimate of drug-likeness (QED) is 0.712. The fourth-order valence-corrected chi connectivity index (χ4v) is 2.25. The van der Waals surface area contributed by atoms with Crippen LogP contribution in [0.25, 0.3) is 0 Å². The second kappa shape index (κ2) is 5.32. The highest BCUT2D eigenvalue weighted by Crippen LogP contribution is 2.23. The molecule has 0 aliphatic carbocycles. The maximum Gasteiger partial charge on any atom is 0.252 e. The van der Waals surface area contributed by atoms with E-state index in [-0.39, 0.29) is 5.24 Å². The standard InChI is InChI=1S/C13H17ClO/c1-4-9-7-8-10(5-2)12(13(14)15)11(9)6-3/h7-8H,4-6H2,1-3H3. The molecule has 0 radical (unpaired) electrons. The molecule has 0 N–H and O–H groups in total. The molecule has 0 saturated carbocycles. The number of aryl methyl sites for hydroxylation is 2. The summed E-state index contributed by atoms with van der Waals surface area (Å²) in [4.78, 5) is 11.4. The molecule has 0 aliphatic heterocycles. The first-order chi connectivity index (χ1) is 7.15. The first kappa shape index (κ1) is 12.3. The van der Waals surface area contributed by atoms with E-state index in [4.69, 9.17) is 11.6 Å². The third-order valence-electron chi connectivity index (χ3n) is 2.81. The molecular weight excluding hydrogens is 208 g/mol. The molecule has 0 fully saturated rings. The minimum Gasteiger partial charge on any atom is -0.276 e. The van der Waals surface area contributed by atoms with Gasteiger partial charge in [-0.2, -0.15) is 0 Å². The summed E-state index contributed by atoms with van der Waals surface area (Å²) in [6.07, 6.45) is 2.67. The van der Waals surface area contributed by atoms with Crippen LogP contribution >= 0.6 is 11.6 Å². The third kappa shape index (κ3) is 2.40. The van der Waals surface area contributed by atoms with Gasteiger partial charge < -0.3 is 0 Å². The number of hydrogen-bond donors (Lipinski definition) is 0. The molecule has 15 heavy (non-hydrogen) atoms. The van der Waals surface area contributed by atoms with Gasteiger partial charge in [-0.25, -0.2) is 0 Å². The fourth-order valence-electron chi connectivity index (χ4n) is 2.01. The normalized spacial score (nSPS) is 10.4. The fraction of sp³-hybridized carbons (Fsp3) is 0.462. The first-order valence-corrected chi connectivity index (χ1v) is 5.86. The van der Waals surface area contributed by atoms with Gasteiger partial charge in [0.25, 0.3) is 5.24 Å². The maximum absolute atomic E-state index is 11.4. The van der Waals surface area contributed by atoms with E-state index in [1.165, 1.54) is 5.56 Å². The molecule has 1 aromatic rings. The number of rotatable bonds is 4. The van der Waals surface area contributed by atoms with E-state index in [2.05, 4.69) is 19.9 Å². The molecule has 0 unspecified atom stereocenters. The van der Waals surface area contributed by atoms with Gasteiger partial charge in [0.05, 0.1) is 0 Å². The SMILES string of the molecule is CCc1ccc(CC)c(C(=O)Cl)c1CC. The molecule has 0 atom stereocenters. The third-order valence-corrected chi connectivity index (χ3v) is 3.00. The van der Waals surface area contributed by atoms with E-state index in [9.17, 15) is 4.79 Å². The smallest absolute Gasteiger partial charge is 0.252 e. The van der Waals surface area contributed by atoms with Crippen LogP contribution in [0.4, 0.5) is 0 Å². The number of benzene rings is 1. The Kier molecular flexibility index (Phi) is 4.34. The van der Waals surface area contributed by atoms with E-state index in [0.717, 1.165) is 36.0 Å². The lowest BCUT2D eigenvalue weighted by molar-refractivity contribution is 0.107. The van der Waals surface area contributed by atoms with Crippen LogP contribution in [0.15, 0.2) is 12.1 Å². The van der Waals surface area contributed by atoms with E-state index < -0.39 is 0 Å². The molecule has 1 nitrogen and oxygen atoms in total. The molecular formula is C13H17ClO. The van der Waals surface area contributed by atoms with Crippen LogP contribution in [-0.2, 0) is 19.3 Å². The molecule has 1 rings (SSSR count). The molecule has 0 heterocycles. The summed E-state index contributed by atoms with van der Waals surface area (Å²) in [6.45, 7) is 6.21. The van der Waals surface area contributed by atoms with Gasteiger partial charge in [0, 0.05) is 5.56 Å². The number of halogens is 1. The van der Waals surface area contributed by atoms with E-state index in [0.29, 0.717) is 0 Å². The summed E-state index contributed by atoms with van der Waals surface area (Å²) in [5.74, 6) is 0. The van der Waals surface area contributed by atoms with Crippen LogP contribution in [0, 0.1) is 0 Å². The zero-order chi connectivity index (χ0) is 11.4. The number of carbonyl (C=O) groups excluding carboxylic acids is 1. The molecule has 0 amide bonds. The molecule has 2 heteroatoms. The van der Waals surface area contributed by atoms with Gasteiger partial charge in [-0.1, -0.05) is 32.9 Å². The van der Waals surface area contributed by atoms with Crippen LogP contribution in [0.2, 0.25) is 0 Å². The van der Waals surface area contributed by atoms with Gasteiger partial charge in [0.1, 0.15) is 0 Å². The Labute approximate surface area is 96.5 Å². The Balaban J connectivity index is 3.44. The van der Waals surface area contributed by atoms with Crippen molar-refractivity contribution in [2.75, 3.05) is 0 Å². The Morgan fingerprint density at radius 2 is 1.60 bits per heavy atom. The Hall–Kier alpha value is -0.820. The van der Waals surface area contributed by atoms with Crippen molar-refractivity contribution in [1.29, 1.82) is 0 Å². The lowest BCUT2D eigenvalue weighted by Gasteiger charge is -2.13.